The van der Waals surface area contributed by atoms with Gasteiger partial charge < -0.3 is 15.5 Å². The largest absolute Gasteiger partial charge is 0.338 e. The van der Waals surface area contributed by atoms with E-state index in [2.05, 4.69) is 42.6 Å². The molecule has 1 aromatic heterocycles. The Morgan fingerprint density at radius 2 is 1.80 bits per heavy atom. The molecule has 0 bridgehead atoms. The number of carbonyl (C=O) groups excluding carboxylic acids is 1. The van der Waals surface area contributed by atoms with E-state index in [4.69, 9.17) is 0 Å². The molecule has 1 aromatic rings. The van der Waals surface area contributed by atoms with Crippen molar-refractivity contribution in [3.05, 3.63) is 30.6 Å². The zero-order valence-electron chi connectivity index (χ0n) is 14.7. The summed E-state index contributed by atoms with van der Waals surface area (Å²) in [6.07, 6.45) is 11.8. The van der Waals surface area contributed by atoms with E-state index in [0.717, 1.165) is 70.9 Å². The van der Waals surface area contributed by atoms with E-state index in [0.29, 0.717) is 0 Å². The Labute approximate surface area is 149 Å². The van der Waals surface area contributed by atoms with Crippen LogP contribution >= 0.6 is 0 Å². The third kappa shape index (κ3) is 5.70. The summed E-state index contributed by atoms with van der Waals surface area (Å²) in [6, 6.07) is 2.09. The maximum Gasteiger partial charge on any atom is 0.315 e. The molecule has 1 saturated heterocycles. The van der Waals surface area contributed by atoms with Gasteiger partial charge in [-0.25, -0.2) is 14.8 Å². The second kappa shape index (κ2) is 9.36. The molecule has 1 aliphatic carbocycles. The summed E-state index contributed by atoms with van der Waals surface area (Å²) in [5, 5.41) is 5.95. The van der Waals surface area contributed by atoms with E-state index in [1.807, 2.05) is 6.07 Å². The van der Waals surface area contributed by atoms with Gasteiger partial charge in [-0.1, -0.05) is 12.2 Å². The number of unbranched alkanes of at least 4 members (excludes halogenated alkanes) is 1. The molecule has 0 atom stereocenters. The van der Waals surface area contributed by atoms with Gasteiger partial charge in [0.05, 0.1) is 0 Å². The first-order valence-corrected chi connectivity index (χ1v) is 9.25. The van der Waals surface area contributed by atoms with Crippen molar-refractivity contribution in [2.24, 2.45) is 0 Å². The number of aromatic nitrogens is 2. The molecule has 7 heteroatoms. The summed E-state index contributed by atoms with van der Waals surface area (Å²) in [7, 11) is 0. The van der Waals surface area contributed by atoms with Crippen molar-refractivity contribution in [3.8, 4) is 0 Å². The van der Waals surface area contributed by atoms with Crippen LogP contribution in [0.3, 0.4) is 0 Å². The molecule has 25 heavy (non-hydrogen) atoms. The zero-order chi connectivity index (χ0) is 17.3. The number of hydrogen-bond donors (Lipinski definition) is 2. The van der Waals surface area contributed by atoms with Gasteiger partial charge in [-0.15, -0.1) is 0 Å². The molecule has 3 rings (SSSR count). The summed E-state index contributed by atoms with van der Waals surface area (Å²) in [6.45, 7) is 5.85. The Bertz CT molecular complexity index is 548. The molecule has 1 aliphatic heterocycles. The van der Waals surface area contributed by atoms with Crippen molar-refractivity contribution in [2.75, 3.05) is 44.2 Å². The van der Waals surface area contributed by atoms with E-state index < -0.39 is 0 Å². The van der Waals surface area contributed by atoms with Crippen molar-refractivity contribution in [1.82, 2.24) is 25.5 Å². The van der Waals surface area contributed by atoms with E-state index in [9.17, 15) is 4.79 Å². The highest BCUT2D eigenvalue weighted by Gasteiger charge is 2.18. The van der Waals surface area contributed by atoms with E-state index in [1.54, 1.807) is 12.4 Å². The molecule has 0 spiro atoms. The molecule has 1 fully saturated rings. The average Bonchev–Trinajstić information content (AvgIpc) is 3.15. The van der Waals surface area contributed by atoms with Gasteiger partial charge in [0.15, 0.2) is 0 Å². The number of amides is 2. The molecule has 7 nitrogen and oxygen atoms in total. The van der Waals surface area contributed by atoms with Crippen molar-refractivity contribution >= 4 is 12.0 Å². The van der Waals surface area contributed by atoms with Gasteiger partial charge in [-0.3, -0.25) is 4.90 Å². The Morgan fingerprint density at radius 3 is 2.52 bits per heavy atom. The lowest BCUT2D eigenvalue weighted by atomic mass is 10.2. The summed E-state index contributed by atoms with van der Waals surface area (Å²) in [5.74, 6) is 0.829. The first-order valence-electron chi connectivity index (χ1n) is 9.25. The highest BCUT2D eigenvalue weighted by molar-refractivity contribution is 5.74. The monoisotopic (exact) mass is 344 g/mol. The number of piperazine rings is 1. The maximum absolute atomic E-state index is 11.8. The molecule has 0 unspecified atom stereocenters. The van der Waals surface area contributed by atoms with Gasteiger partial charge in [0.1, 0.15) is 0 Å². The average molecular weight is 344 g/mol. The third-order valence-electron chi connectivity index (χ3n) is 4.74. The summed E-state index contributed by atoms with van der Waals surface area (Å²) in [5.41, 5.74) is 0. The summed E-state index contributed by atoms with van der Waals surface area (Å²) in [4.78, 5) is 25.1. The minimum absolute atomic E-state index is 0.0369. The van der Waals surface area contributed by atoms with Gasteiger partial charge in [0, 0.05) is 51.2 Å². The number of urea groups is 1. The molecule has 0 aromatic carbocycles. The molecule has 2 N–H and O–H groups in total. The van der Waals surface area contributed by atoms with Crippen LogP contribution in [-0.2, 0) is 0 Å². The van der Waals surface area contributed by atoms with Crippen molar-refractivity contribution in [2.45, 2.75) is 31.7 Å². The Kier molecular flexibility index (Phi) is 6.62. The first kappa shape index (κ1) is 17.7. The van der Waals surface area contributed by atoms with Gasteiger partial charge in [0.2, 0.25) is 5.95 Å². The number of anilines is 1. The minimum atomic E-state index is -0.0369. The molecular formula is C18H28N6O. The number of nitrogens with one attached hydrogen (secondary N) is 2. The van der Waals surface area contributed by atoms with Crippen molar-refractivity contribution in [3.63, 3.8) is 0 Å². The van der Waals surface area contributed by atoms with Gasteiger partial charge >= 0.3 is 6.03 Å². The van der Waals surface area contributed by atoms with Crippen LogP contribution in [0.4, 0.5) is 10.7 Å². The molecule has 136 valence electrons. The number of nitrogens with zero attached hydrogens (tertiary/aromatic N) is 4. The van der Waals surface area contributed by atoms with Crippen LogP contribution in [0.25, 0.3) is 0 Å². The normalized spacial score (nSPS) is 18.5. The lowest BCUT2D eigenvalue weighted by Gasteiger charge is -2.34. The molecule has 2 amide bonds. The Balaban J connectivity index is 1.22. The molecule has 0 radical (unpaired) electrons. The lowest BCUT2D eigenvalue weighted by Crippen LogP contribution is -2.47. The summed E-state index contributed by atoms with van der Waals surface area (Å²) >= 11 is 0. The SMILES string of the molecule is O=C(NCCCCN1CCN(c2ncccn2)CC1)NC1CC=CC1. The van der Waals surface area contributed by atoms with Crippen LogP contribution in [0.1, 0.15) is 25.7 Å². The van der Waals surface area contributed by atoms with E-state index in [1.165, 1.54) is 0 Å². The fraction of sp³-hybridized carbons (Fsp3) is 0.611. The van der Waals surface area contributed by atoms with Gasteiger partial charge in [-0.2, -0.15) is 0 Å². The van der Waals surface area contributed by atoms with Gasteiger partial charge in [-0.05, 0) is 38.3 Å². The quantitative estimate of drug-likeness (QED) is 0.578. The number of carbonyl (C=O) groups is 1. The maximum atomic E-state index is 11.8. The van der Waals surface area contributed by atoms with Crippen molar-refractivity contribution < 1.29 is 4.79 Å². The van der Waals surface area contributed by atoms with Crippen LogP contribution in [-0.4, -0.2) is 66.2 Å². The second-order valence-electron chi connectivity index (χ2n) is 6.62. The Hall–Kier alpha value is -2.15. The fourth-order valence-corrected chi connectivity index (χ4v) is 3.26. The smallest absolute Gasteiger partial charge is 0.315 e. The topological polar surface area (TPSA) is 73.4 Å². The molecular weight excluding hydrogens is 316 g/mol. The lowest BCUT2D eigenvalue weighted by molar-refractivity contribution is 0.235. The molecule has 2 aliphatic rings. The predicted molar refractivity (Wildman–Crippen MR) is 98.6 cm³/mol. The molecule has 2 heterocycles. The van der Waals surface area contributed by atoms with E-state index in [-0.39, 0.29) is 12.1 Å². The predicted octanol–water partition coefficient (Wildman–Crippen LogP) is 1.40. The Morgan fingerprint density at radius 1 is 1.08 bits per heavy atom. The first-order chi connectivity index (χ1) is 12.3. The molecule has 0 saturated carbocycles. The van der Waals surface area contributed by atoms with Crippen molar-refractivity contribution in [1.29, 1.82) is 0 Å². The summed E-state index contributed by atoms with van der Waals surface area (Å²) < 4.78 is 0. The van der Waals surface area contributed by atoms with E-state index >= 15 is 0 Å². The zero-order valence-corrected chi connectivity index (χ0v) is 14.7. The van der Waals surface area contributed by atoms with Crippen LogP contribution in [0.15, 0.2) is 30.6 Å². The number of rotatable bonds is 7. The third-order valence-corrected chi connectivity index (χ3v) is 4.74. The second-order valence-corrected chi connectivity index (χ2v) is 6.62. The minimum Gasteiger partial charge on any atom is -0.338 e. The highest BCUT2D eigenvalue weighted by Crippen LogP contribution is 2.10. The fourth-order valence-electron chi connectivity index (χ4n) is 3.26. The van der Waals surface area contributed by atoms with Crippen LogP contribution in [0.2, 0.25) is 0 Å². The number of hydrogen-bond acceptors (Lipinski definition) is 5. The van der Waals surface area contributed by atoms with Gasteiger partial charge in [0.25, 0.3) is 0 Å². The van der Waals surface area contributed by atoms with Crippen LogP contribution in [0.5, 0.6) is 0 Å². The van der Waals surface area contributed by atoms with Crippen LogP contribution < -0.4 is 15.5 Å². The highest BCUT2D eigenvalue weighted by atomic mass is 16.2. The van der Waals surface area contributed by atoms with Crippen LogP contribution in [0, 0.1) is 0 Å². The standard InChI is InChI=1S/C18H28N6O/c25-18(22-16-6-1-2-7-16)21-8-3-4-11-23-12-14-24(15-13-23)17-19-9-5-10-20-17/h1-2,5,9-10,16H,3-4,6-8,11-15H2,(H2,21,22,25).